The van der Waals surface area contributed by atoms with Gasteiger partial charge in [0.1, 0.15) is 0 Å². The van der Waals surface area contributed by atoms with E-state index >= 15 is 0 Å². The average Bonchev–Trinajstić information content (AvgIpc) is 2.54. The molecule has 0 aliphatic carbocycles. The summed E-state index contributed by atoms with van der Waals surface area (Å²) in [7, 11) is 0. The minimum atomic E-state index is 0.504. The van der Waals surface area contributed by atoms with Crippen LogP contribution in [0.4, 0.5) is 0 Å². The quantitative estimate of drug-likeness (QED) is 0.685. The zero-order valence-corrected chi connectivity index (χ0v) is 7.79. The molecule has 0 saturated heterocycles. The fraction of sp³-hybridized carbons (Fsp3) is 0.273. The summed E-state index contributed by atoms with van der Waals surface area (Å²) >= 11 is 0. The average molecular weight is 187 g/mol. The second-order valence-corrected chi connectivity index (χ2v) is 3.74. The Balaban J connectivity index is 2.24. The standard InChI is InChI=1S/C11H11N2O/c14-13-6-5-9-8-3-1-2-4-10(8)12-11(9)7-13/h1-4,12H,5-7H2/q-1. The lowest BCUT2D eigenvalue weighted by molar-refractivity contribution is 0.351. The molecule has 3 nitrogen and oxygen atoms in total. The van der Waals surface area contributed by atoms with Crippen molar-refractivity contribution >= 4 is 10.9 Å². The molecule has 3 heteroatoms. The molecule has 0 bridgehead atoms. The van der Waals surface area contributed by atoms with Gasteiger partial charge in [-0.2, -0.15) is 0 Å². The number of para-hydroxylation sites is 1. The Kier molecular flexibility index (Phi) is 1.63. The summed E-state index contributed by atoms with van der Waals surface area (Å²) < 4.78 is 0. The molecule has 2 aromatic rings. The van der Waals surface area contributed by atoms with Crippen molar-refractivity contribution in [2.24, 2.45) is 0 Å². The fourth-order valence-corrected chi connectivity index (χ4v) is 2.17. The molecule has 1 aromatic heterocycles. The van der Waals surface area contributed by atoms with E-state index in [4.69, 9.17) is 0 Å². The number of hydroxylamine groups is 2. The van der Waals surface area contributed by atoms with Gasteiger partial charge in [-0.05, 0) is 24.6 Å². The minimum Gasteiger partial charge on any atom is -0.785 e. The Morgan fingerprint density at radius 1 is 1.29 bits per heavy atom. The summed E-state index contributed by atoms with van der Waals surface area (Å²) in [6.45, 7) is 1.12. The molecule has 0 spiro atoms. The highest BCUT2D eigenvalue weighted by Gasteiger charge is 2.15. The second-order valence-electron chi connectivity index (χ2n) is 3.74. The van der Waals surface area contributed by atoms with Gasteiger partial charge in [0.15, 0.2) is 0 Å². The number of nitrogens with one attached hydrogen (secondary N) is 1. The van der Waals surface area contributed by atoms with Gasteiger partial charge >= 0.3 is 0 Å². The number of aromatic amines is 1. The molecule has 2 heterocycles. The van der Waals surface area contributed by atoms with Crippen molar-refractivity contribution in [1.29, 1.82) is 0 Å². The number of rotatable bonds is 0. The van der Waals surface area contributed by atoms with Gasteiger partial charge in [0, 0.05) is 23.1 Å². The molecule has 1 aromatic carbocycles. The summed E-state index contributed by atoms with van der Waals surface area (Å²) in [5.74, 6) is 0. The van der Waals surface area contributed by atoms with Crippen molar-refractivity contribution in [2.75, 3.05) is 6.54 Å². The maximum atomic E-state index is 11.2. The van der Waals surface area contributed by atoms with Crippen LogP contribution >= 0.6 is 0 Å². The van der Waals surface area contributed by atoms with Crippen LogP contribution in [0, 0.1) is 5.21 Å². The van der Waals surface area contributed by atoms with Crippen LogP contribution in [0.1, 0.15) is 11.3 Å². The first kappa shape index (κ1) is 8.03. The topological polar surface area (TPSA) is 42.1 Å². The van der Waals surface area contributed by atoms with Crippen molar-refractivity contribution in [2.45, 2.75) is 13.0 Å². The van der Waals surface area contributed by atoms with Crippen LogP contribution in [-0.4, -0.2) is 16.6 Å². The Bertz CT molecular complexity index is 475. The van der Waals surface area contributed by atoms with Crippen molar-refractivity contribution in [3.63, 3.8) is 0 Å². The van der Waals surface area contributed by atoms with Gasteiger partial charge < -0.3 is 15.3 Å². The van der Waals surface area contributed by atoms with Gasteiger partial charge in [-0.3, -0.25) is 0 Å². The van der Waals surface area contributed by atoms with Gasteiger partial charge in [0.25, 0.3) is 0 Å². The molecular weight excluding hydrogens is 176 g/mol. The maximum Gasteiger partial charge on any atom is 0.0459 e. The van der Waals surface area contributed by atoms with E-state index in [2.05, 4.69) is 17.1 Å². The largest absolute Gasteiger partial charge is 0.785 e. The highest BCUT2D eigenvalue weighted by molar-refractivity contribution is 5.84. The van der Waals surface area contributed by atoms with E-state index in [0.29, 0.717) is 13.1 Å². The summed E-state index contributed by atoms with van der Waals surface area (Å²) in [6.07, 6.45) is 0.864. The van der Waals surface area contributed by atoms with Crippen LogP contribution in [0.3, 0.4) is 0 Å². The van der Waals surface area contributed by atoms with E-state index in [1.807, 2.05) is 12.1 Å². The molecule has 1 aliphatic rings. The van der Waals surface area contributed by atoms with Crippen LogP contribution in [0.5, 0.6) is 0 Å². The van der Waals surface area contributed by atoms with E-state index in [9.17, 15) is 5.21 Å². The third-order valence-electron chi connectivity index (χ3n) is 2.85. The summed E-state index contributed by atoms with van der Waals surface area (Å²) in [6, 6.07) is 8.23. The number of hydrogen-bond donors (Lipinski definition) is 1. The normalized spacial score (nSPS) is 17.2. The number of benzene rings is 1. The summed E-state index contributed by atoms with van der Waals surface area (Å²) in [5, 5.41) is 13.6. The molecule has 0 radical (unpaired) electrons. The first-order chi connectivity index (χ1) is 6.84. The third kappa shape index (κ3) is 1.06. The lowest BCUT2D eigenvalue weighted by Gasteiger charge is -2.31. The van der Waals surface area contributed by atoms with Gasteiger partial charge in [-0.15, -0.1) is 0 Å². The monoisotopic (exact) mass is 187 g/mol. The number of fused-ring (bicyclic) bond motifs is 3. The Morgan fingerprint density at radius 3 is 3.07 bits per heavy atom. The maximum absolute atomic E-state index is 11.2. The molecule has 0 unspecified atom stereocenters. The second kappa shape index (κ2) is 2.83. The zero-order chi connectivity index (χ0) is 9.54. The predicted molar refractivity (Wildman–Crippen MR) is 55.8 cm³/mol. The predicted octanol–water partition coefficient (Wildman–Crippen LogP) is 2.02. The fourth-order valence-electron chi connectivity index (χ4n) is 2.17. The molecular formula is C11H11N2O-. The van der Waals surface area contributed by atoms with Gasteiger partial charge in [0.05, 0.1) is 0 Å². The highest BCUT2D eigenvalue weighted by atomic mass is 16.5. The Labute approximate surface area is 81.9 Å². The molecule has 14 heavy (non-hydrogen) atoms. The number of hydrogen-bond acceptors (Lipinski definition) is 2. The van der Waals surface area contributed by atoms with E-state index in [-0.39, 0.29) is 0 Å². The van der Waals surface area contributed by atoms with E-state index in [0.717, 1.165) is 22.7 Å². The van der Waals surface area contributed by atoms with E-state index < -0.39 is 0 Å². The van der Waals surface area contributed by atoms with Crippen LogP contribution < -0.4 is 0 Å². The van der Waals surface area contributed by atoms with Crippen molar-refractivity contribution in [1.82, 2.24) is 10.0 Å². The van der Waals surface area contributed by atoms with Crippen molar-refractivity contribution in [3.05, 3.63) is 40.7 Å². The van der Waals surface area contributed by atoms with Gasteiger partial charge in [0.2, 0.25) is 0 Å². The highest BCUT2D eigenvalue weighted by Crippen LogP contribution is 2.26. The molecule has 1 N–H and O–H groups in total. The first-order valence-electron chi connectivity index (χ1n) is 4.85. The van der Waals surface area contributed by atoms with Crippen LogP contribution in [0.25, 0.3) is 10.9 Å². The zero-order valence-electron chi connectivity index (χ0n) is 7.79. The van der Waals surface area contributed by atoms with Gasteiger partial charge in [-0.25, -0.2) is 0 Å². The summed E-state index contributed by atoms with van der Waals surface area (Å²) in [5.41, 5.74) is 3.56. The molecule has 3 rings (SSSR count). The lowest BCUT2D eigenvalue weighted by Crippen LogP contribution is -2.24. The van der Waals surface area contributed by atoms with E-state index in [1.54, 1.807) is 0 Å². The number of nitrogens with zero attached hydrogens (tertiary/aromatic N) is 1. The first-order valence-corrected chi connectivity index (χ1v) is 4.85. The lowest BCUT2D eigenvalue weighted by atomic mass is 10.0. The molecule has 0 atom stereocenters. The Morgan fingerprint density at radius 2 is 2.14 bits per heavy atom. The van der Waals surface area contributed by atoms with Gasteiger partial charge in [-0.1, -0.05) is 18.2 Å². The molecule has 0 amide bonds. The van der Waals surface area contributed by atoms with Crippen molar-refractivity contribution in [3.8, 4) is 0 Å². The molecule has 1 aliphatic heterocycles. The summed E-state index contributed by atoms with van der Waals surface area (Å²) in [4.78, 5) is 3.30. The SMILES string of the molecule is [O-]N1CCc2c([nH]c3ccccc23)C1. The third-order valence-corrected chi connectivity index (χ3v) is 2.85. The minimum absolute atomic E-state index is 0.504. The Hall–Kier alpha value is -1.32. The molecule has 0 saturated carbocycles. The smallest absolute Gasteiger partial charge is 0.0459 e. The van der Waals surface area contributed by atoms with E-state index in [1.165, 1.54) is 10.9 Å². The van der Waals surface area contributed by atoms with Crippen LogP contribution in [0.15, 0.2) is 24.3 Å². The molecule has 72 valence electrons. The van der Waals surface area contributed by atoms with Crippen LogP contribution in [0.2, 0.25) is 0 Å². The number of H-pyrrole nitrogens is 1. The molecule has 0 fully saturated rings. The number of aromatic nitrogens is 1. The van der Waals surface area contributed by atoms with Crippen LogP contribution in [-0.2, 0) is 13.0 Å². The van der Waals surface area contributed by atoms with Crippen molar-refractivity contribution < 1.29 is 0 Å².